The molecule has 0 atom stereocenters. The second-order valence-electron chi connectivity index (χ2n) is 1.74. The van der Waals surface area contributed by atoms with Crippen LogP contribution in [0.3, 0.4) is 0 Å². The first kappa shape index (κ1) is 10.6. The van der Waals surface area contributed by atoms with Gasteiger partial charge in [0.1, 0.15) is 0 Å². The van der Waals surface area contributed by atoms with Gasteiger partial charge in [-0.25, -0.2) is 8.78 Å². The Morgan fingerprint density at radius 1 is 1.38 bits per heavy atom. The van der Waals surface area contributed by atoms with Crippen molar-refractivity contribution >= 4 is 0 Å². The minimum atomic E-state index is -2.50. The number of alkyl halides is 2. The fraction of sp³-hybridized carbons (Fsp3) is 0.667. The third kappa shape index (κ3) is 741. The van der Waals surface area contributed by atoms with Crippen LogP contribution in [0.4, 0.5) is 8.78 Å². The lowest BCUT2D eigenvalue weighted by atomic mass is 10.5. The van der Waals surface area contributed by atoms with Gasteiger partial charge in [-0.05, 0) is 20.8 Å². The summed E-state index contributed by atoms with van der Waals surface area (Å²) < 4.78 is 22.0. The molecule has 0 aromatic carbocycles. The smallest absolute Gasteiger partial charge is 0.208 e. The van der Waals surface area contributed by atoms with Crippen LogP contribution in [0.1, 0.15) is 20.8 Å². The molecule has 50 valence electrons. The van der Waals surface area contributed by atoms with E-state index in [4.69, 9.17) is 0 Å². The zero-order chi connectivity index (χ0) is 7.21. The molecule has 0 aromatic rings. The summed E-state index contributed by atoms with van der Waals surface area (Å²) in [5.41, 5.74) is 0. The second kappa shape index (κ2) is 4.75. The summed E-state index contributed by atoms with van der Waals surface area (Å²) >= 11 is 0. The number of allylic oxidation sites excluding steroid dienone is 1. The van der Waals surface area contributed by atoms with Gasteiger partial charge in [-0.2, -0.15) is 0 Å². The Labute approximate surface area is 49.2 Å². The van der Waals surface area contributed by atoms with Crippen molar-refractivity contribution < 1.29 is 8.78 Å². The standard InChI is InChI=1S/C3H6F2.C3H6/c1-3(2,4)5;1-3-2/h1-2H3;3H,1H2,2H3. The maximum atomic E-state index is 11.0. The lowest BCUT2D eigenvalue weighted by molar-refractivity contribution is 0.0437. The molecule has 0 amide bonds. The molecule has 0 rings (SSSR count). The average Bonchev–Trinajstić information content (AvgIpc) is 1.27. The van der Waals surface area contributed by atoms with E-state index in [9.17, 15) is 8.78 Å². The number of rotatable bonds is 0. The van der Waals surface area contributed by atoms with Crippen LogP contribution in [0.2, 0.25) is 0 Å². The van der Waals surface area contributed by atoms with Crippen LogP contribution in [0.25, 0.3) is 0 Å². The van der Waals surface area contributed by atoms with Gasteiger partial charge < -0.3 is 0 Å². The first-order valence-corrected chi connectivity index (χ1v) is 2.36. The van der Waals surface area contributed by atoms with Gasteiger partial charge in [0.2, 0.25) is 5.92 Å². The van der Waals surface area contributed by atoms with Crippen LogP contribution in [-0.2, 0) is 0 Å². The lowest BCUT2D eigenvalue weighted by Gasteiger charge is -1.94. The zero-order valence-electron chi connectivity index (χ0n) is 5.54. The minimum Gasteiger partial charge on any atom is -0.208 e. The van der Waals surface area contributed by atoms with Crippen molar-refractivity contribution in [3.05, 3.63) is 12.7 Å². The summed E-state index contributed by atoms with van der Waals surface area (Å²) in [6.45, 7) is 6.96. The van der Waals surface area contributed by atoms with Crippen LogP contribution >= 0.6 is 0 Å². The molecule has 0 heterocycles. The van der Waals surface area contributed by atoms with Gasteiger partial charge >= 0.3 is 0 Å². The Morgan fingerprint density at radius 2 is 1.38 bits per heavy atom. The molecule has 0 N–H and O–H groups in total. The van der Waals surface area contributed by atoms with E-state index >= 15 is 0 Å². The molecule has 2 heteroatoms. The largest absolute Gasteiger partial charge is 0.242 e. The summed E-state index contributed by atoms with van der Waals surface area (Å²) in [6.07, 6.45) is 1.75. The highest BCUT2D eigenvalue weighted by Crippen LogP contribution is 2.06. The molecule has 0 unspecified atom stereocenters. The predicted octanol–water partition coefficient (Wildman–Crippen LogP) is 2.85. The topological polar surface area (TPSA) is 0 Å². The Bertz CT molecular complexity index is 46.0. The highest BCUT2D eigenvalue weighted by atomic mass is 19.3. The summed E-state index contributed by atoms with van der Waals surface area (Å²) in [5, 5.41) is 0. The van der Waals surface area contributed by atoms with Gasteiger partial charge in [0.15, 0.2) is 0 Å². The quantitative estimate of drug-likeness (QED) is 0.433. The van der Waals surface area contributed by atoms with E-state index in [0.717, 1.165) is 13.8 Å². The molecule has 0 aliphatic carbocycles. The van der Waals surface area contributed by atoms with E-state index < -0.39 is 5.92 Å². The first-order chi connectivity index (χ1) is 3.41. The molecular formula is C6H12F2. The van der Waals surface area contributed by atoms with Crippen molar-refractivity contribution in [1.82, 2.24) is 0 Å². The Hall–Kier alpha value is -0.400. The zero-order valence-corrected chi connectivity index (χ0v) is 5.54. The van der Waals surface area contributed by atoms with Crippen molar-refractivity contribution in [2.75, 3.05) is 0 Å². The van der Waals surface area contributed by atoms with Gasteiger partial charge in [-0.15, -0.1) is 6.58 Å². The molecule has 0 aliphatic rings. The fourth-order valence-electron chi connectivity index (χ4n) is 0. The van der Waals surface area contributed by atoms with E-state index in [2.05, 4.69) is 6.58 Å². The summed E-state index contributed by atoms with van der Waals surface area (Å²) in [4.78, 5) is 0. The summed E-state index contributed by atoms with van der Waals surface area (Å²) in [7, 11) is 0. The molecule has 0 radical (unpaired) electrons. The van der Waals surface area contributed by atoms with Gasteiger partial charge in [0.05, 0.1) is 0 Å². The van der Waals surface area contributed by atoms with Gasteiger partial charge in [-0.3, -0.25) is 0 Å². The van der Waals surface area contributed by atoms with Crippen molar-refractivity contribution in [2.24, 2.45) is 0 Å². The van der Waals surface area contributed by atoms with Crippen LogP contribution in [0.5, 0.6) is 0 Å². The lowest BCUT2D eigenvalue weighted by Crippen LogP contribution is -1.98. The second-order valence-corrected chi connectivity index (χ2v) is 1.74. The third-order valence-electron chi connectivity index (χ3n) is 0. The van der Waals surface area contributed by atoms with Crippen molar-refractivity contribution in [3.63, 3.8) is 0 Å². The van der Waals surface area contributed by atoms with Gasteiger partial charge in [-0.1, -0.05) is 6.08 Å². The first-order valence-electron chi connectivity index (χ1n) is 2.36. The van der Waals surface area contributed by atoms with Gasteiger partial charge in [0.25, 0.3) is 0 Å². The van der Waals surface area contributed by atoms with E-state index in [1.54, 1.807) is 6.08 Å². The minimum absolute atomic E-state index is 0.854. The van der Waals surface area contributed by atoms with E-state index in [1.807, 2.05) is 6.92 Å². The van der Waals surface area contributed by atoms with Crippen LogP contribution in [0, 0.1) is 0 Å². The van der Waals surface area contributed by atoms with Crippen LogP contribution in [-0.4, -0.2) is 5.92 Å². The SMILES string of the molecule is C=CC.CC(C)(F)F. The molecule has 0 saturated carbocycles. The Balaban J connectivity index is 0. The number of halogens is 2. The predicted molar refractivity (Wildman–Crippen MR) is 32.2 cm³/mol. The molecule has 0 aromatic heterocycles. The monoisotopic (exact) mass is 122 g/mol. The number of hydrogen-bond acceptors (Lipinski definition) is 0. The molecule has 8 heavy (non-hydrogen) atoms. The number of hydrogen-bond donors (Lipinski definition) is 0. The Kier molecular flexibility index (Phi) is 6.27. The van der Waals surface area contributed by atoms with Gasteiger partial charge in [0, 0.05) is 0 Å². The molecule has 0 spiro atoms. The normalized spacial score (nSPS) is 9.12. The van der Waals surface area contributed by atoms with Crippen molar-refractivity contribution in [2.45, 2.75) is 26.7 Å². The van der Waals surface area contributed by atoms with Crippen molar-refractivity contribution in [3.8, 4) is 0 Å². The van der Waals surface area contributed by atoms with Crippen LogP contribution < -0.4 is 0 Å². The van der Waals surface area contributed by atoms with Crippen molar-refractivity contribution in [1.29, 1.82) is 0 Å². The molecule has 0 saturated heterocycles. The van der Waals surface area contributed by atoms with E-state index in [0.29, 0.717) is 0 Å². The molecule has 0 bridgehead atoms. The molecule has 0 fully saturated rings. The van der Waals surface area contributed by atoms with E-state index in [-0.39, 0.29) is 0 Å². The third-order valence-corrected chi connectivity index (χ3v) is 0. The highest BCUT2D eigenvalue weighted by Gasteiger charge is 2.08. The van der Waals surface area contributed by atoms with Crippen LogP contribution in [0.15, 0.2) is 12.7 Å². The summed E-state index contributed by atoms with van der Waals surface area (Å²) in [6, 6.07) is 0. The maximum absolute atomic E-state index is 11.0. The Morgan fingerprint density at radius 3 is 1.38 bits per heavy atom. The molecule has 0 aliphatic heterocycles. The fourth-order valence-corrected chi connectivity index (χ4v) is 0. The molecule has 0 nitrogen and oxygen atoms in total. The molecular weight excluding hydrogens is 110 g/mol. The average molecular weight is 122 g/mol. The van der Waals surface area contributed by atoms with E-state index in [1.165, 1.54) is 0 Å². The highest BCUT2D eigenvalue weighted by molar-refractivity contribution is 4.51. The maximum Gasteiger partial charge on any atom is 0.242 e. The summed E-state index contributed by atoms with van der Waals surface area (Å²) in [5.74, 6) is -2.50.